The number of nitrogens with two attached hydrogens (primary N) is 1. The van der Waals surface area contributed by atoms with Gasteiger partial charge in [-0.25, -0.2) is 4.39 Å². The molecule has 1 aromatic heterocycles. The third-order valence-corrected chi connectivity index (χ3v) is 2.03. The average molecular weight is 228 g/mol. The van der Waals surface area contributed by atoms with Crippen molar-refractivity contribution in [3.63, 3.8) is 0 Å². The summed E-state index contributed by atoms with van der Waals surface area (Å²) >= 11 is 5.48. The summed E-state index contributed by atoms with van der Waals surface area (Å²) in [6.07, 6.45) is 0. The van der Waals surface area contributed by atoms with Gasteiger partial charge in [-0.3, -0.25) is 0 Å². The van der Waals surface area contributed by atoms with E-state index < -0.39 is 5.82 Å². The summed E-state index contributed by atoms with van der Waals surface area (Å²) in [6, 6.07) is 4.13. The minimum atomic E-state index is -0.464. The van der Waals surface area contributed by atoms with Crippen molar-refractivity contribution >= 4 is 17.3 Å². The molecular formula is C9H7ClFN3O. The van der Waals surface area contributed by atoms with Crippen LogP contribution in [0.15, 0.2) is 22.6 Å². The van der Waals surface area contributed by atoms with Gasteiger partial charge in [0.05, 0.1) is 5.56 Å². The molecule has 2 rings (SSSR count). The quantitative estimate of drug-likeness (QED) is 0.631. The zero-order chi connectivity index (χ0) is 10.8. The van der Waals surface area contributed by atoms with E-state index in [-0.39, 0.29) is 23.2 Å². The fourth-order valence-corrected chi connectivity index (χ4v) is 1.23. The van der Waals surface area contributed by atoms with Crippen LogP contribution in [0.5, 0.6) is 0 Å². The predicted molar refractivity (Wildman–Crippen MR) is 53.7 cm³/mol. The van der Waals surface area contributed by atoms with Gasteiger partial charge in [-0.1, -0.05) is 0 Å². The first kappa shape index (κ1) is 9.92. The van der Waals surface area contributed by atoms with E-state index in [0.717, 1.165) is 0 Å². The van der Waals surface area contributed by atoms with Crippen molar-refractivity contribution in [1.29, 1.82) is 0 Å². The van der Waals surface area contributed by atoms with E-state index in [4.69, 9.17) is 21.8 Å². The molecule has 2 aromatic rings. The highest BCUT2D eigenvalue weighted by atomic mass is 35.5. The van der Waals surface area contributed by atoms with Crippen molar-refractivity contribution < 1.29 is 8.81 Å². The molecule has 0 spiro atoms. The lowest BCUT2D eigenvalue weighted by atomic mass is 10.2. The highest BCUT2D eigenvalue weighted by Gasteiger charge is 2.12. The summed E-state index contributed by atoms with van der Waals surface area (Å²) in [7, 11) is 0. The molecule has 2 N–H and O–H groups in total. The number of rotatable bonds is 2. The van der Waals surface area contributed by atoms with Gasteiger partial charge in [-0.05, 0) is 18.2 Å². The van der Waals surface area contributed by atoms with Crippen molar-refractivity contribution in [3.05, 3.63) is 29.9 Å². The smallest absolute Gasteiger partial charge is 0.250 e. The first-order valence-electron chi connectivity index (χ1n) is 4.14. The molecule has 0 amide bonds. The Kier molecular flexibility index (Phi) is 2.55. The summed E-state index contributed by atoms with van der Waals surface area (Å²) < 4.78 is 18.5. The minimum absolute atomic E-state index is 0.0791. The second kappa shape index (κ2) is 3.86. The fourth-order valence-electron chi connectivity index (χ4n) is 1.12. The van der Waals surface area contributed by atoms with E-state index in [9.17, 15) is 4.39 Å². The Morgan fingerprint density at radius 3 is 2.87 bits per heavy atom. The van der Waals surface area contributed by atoms with Crippen LogP contribution in [0.3, 0.4) is 0 Å². The van der Waals surface area contributed by atoms with Crippen LogP contribution in [-0.4, -0.2) is 10.2 Å². The number of aromatic nitrogens is 2. The summed E-state index contributed by atoms with van der Waals surface area (Å²) in [5, 5.41) is 7.29. The maximum Gasteiger partial charge on any atom is 0.250 e. The predicted octanol–water partition coefficient (Wildman–Crippen LogP) is 2.20. The van der Waals surface area contributed by atoms with Gasteiger partial charge in [0.1, 0.15) is 11.7 Å². The molecule has 6 heteroatoms. The highest BCUT2D eigenvalue weighted by Crippen LogP contribution is 2.23. The molecule has 0 radical (unpaired) electrons. The van der Waals surface area contributed by atoms with E-state index in [1.807, 2.05) is 0 Å². The van der Waals surface area contributed by atoms with Gasteiger partial charge in [0, 0.05) is 5.69 Å². The molecule has 4 nitrogen and oxygen atoms in total. The van der Waals surface area contributed by atoms with Crippen LogP contribution in [0.1, 0.15) is 5.89 Å². The molecule has 0 aliphatic carbocycles. The van der Waals surface area contributed by atoms with E-state index in [2.05, 4.69) is 10.2 Å². The number of hydrogen-bond acceptors (Lipinski definition) is 4. The van der Waals surface area contributed by atoms with Gasteiger partial charge in [-0.15, -0.1) is 21.8 Å². The molecule has 78 valence electrons. The molecule has 0 saturated carbocycles. The molecule has 1 heterocycles. The zero-order valence-corrected chi connectivity index (χ0v) is 8.33. The topological polar surface area (TPSA) is 64.9 Å². The van der Waals surface area contributed by atoms with Crippen LogP contribution in [0.25, 0.3) is 11.5 Å². The summed E-state index contributed by atoms with van der Waals surface area (Å²) in [5.74, 6) is -0.0466. The molecule has 0 bridgehead atoms. The van der Waals surface area contributed by atoms with Gasteiger partial charge in [-0.2, -0.15) is 0 Å². The van der Waals surface area contributed by atoms with Gasteiger partial charge in [0.25, 0.3) is 5.89 Å². The molecule has 0 aliphatic rings. The van der Waals surface area contributed by atoms with Crippen molar-refractivity contribution in [1.82, 2.24) is 10.2 Å². The monoisotopic (exact) mass is 227 g/mol. The van der Waals surface area contributed by atoms with Crippen LogP contribution in [0, 0.1) is 5.82 Å². The number of alkyl halides is 1. The van der Waals surface area contributed by atoms with Crippen molar-refractivity contribution in [2.45, 2.75) is 5.88 Å². The number of hydrogen-bond donors (Lipinski definition) is 1. The Bertz CT molecular complexity index is 486. The molecule has 0 aliphatic heterocycles. The summed E-state index contributed by atoms with van der Waals surface area (Å²) in [5.41, 5.74) is 6.13. The van der Waals surface area contributed by atoms with Crippen LogP contribution < -0.4 is 5.73 Å². The first-order chi connectivity index (χ1) is 7.20. The van der Waals surface area contributed by atoms with Gasteiger partial charge in [0.2, 0.25) is 5.89 Å². The third-order valence-electron chi connectivity index (χ3n) is 1.80. The fraction of sp³-hybridized carbons (Fsp3) is 0.111. The largest absolute Gasteiger partial charge is 0.419 e. The lowest BCUT2D eigenvalue weighted by molar-refractivity contribution is 0.521. The number of nitrogen functional groups attached to an aromatic ring is 1. The maximum atomic E-state index is 13.4. The Balaban J connectivity index is 2.48. The molecule has 0 atom stereocenters. The third kappa shape index (κ3) is 1.92. The zero-order valence-electron chi connectivity index (χ0n) is 7.58. The molecule has 0 fully saturated rings. The van der Waals surface area contributed by atoms with Gasteiger partial charge < -0.3 is 10.2 Å². The number of halogens is 2. The number of anilines is 1. The van der Waals surface area contributed by atoms with Crippen LogP contribution >= 0.6 is 11.6 Å². The van der Waals surface area contributed by atoms with Gasteiger partial charge >= 0.3 is 0 Å². The second-order valence-corrected chi connectivity index (χ2v) is 3.14. The SMILES string of the molecule is Nc1ccc(F)c(-c2nnc(CCl)o2)c1. The minimum Gasteiger partial charge on any atom is -0.419 e. The van der Waals surface area contributed by atoms with Crippen LogP contribution in [0.4, 0.5) is 10.1 Å². The van der Waals surface area contributed by atoms with E-state index in [0.29, 0.717) is 5.69 Å². The standard InChI is InChI=1S/C9H7ClFN3O/c10-4-8-13-14-9(15-8)6-3-5(12)1-2-7(6)11/h1-3H,4,12H2. The molecule has 15 heavy (non-hydrogen) atoms. The Hall–Kier alpha value is -1.62. The van der Waals surface area contributed by atoms with Crippen molar-refractivity contribution in [2.24, 2.45) is 0 Å². The normalized spacial score (nSPS) is 10.5. The molecular weight excluding hydrogens is 221 g/mol. The Morgan fingerprint density at radius 2 is 2.20 bits per heavy atom. The van der Waals surface area contributed by atoms with E-state index in [1.54, 1.807) is 0 Å². The van der Waals surface area contributed by atoms with Crippen molar-refractivity contribution in [2.75, 3.05) is 5.73 Å². The number of benzene rings is 1. The van der Waals surface area contributed by atoms with Crippen LogP contribution in [-0.2, 0) is 5.88 Å². The molecule has 0 saturated heterocycles. The second-order valence-electron chi connectivity index (χ2n) is 2.87. The first-order valence-corrected chi connectivity index (χ1v) is 4.68. The lowest BCUT2D eigenvalue weighted by Crippen LogP contribution is -1.89. The highest BCUT2D eigenvalue weighted by molar-refractivity contribution is 6.16. The molecule has 1 aromatic carbocycles. The molecule has 0 unspecified atom stereocenters. The Morgan fingerprint density at radius 1 is 1.40 bits per heavy atom. The number of nitrogens with zero attached hydrogens (tertiary/aromatic N) is 2. The maximum absolute atomic E-state index is 13.4. The summed E-state index contributed by atoms with van der Waals surface area (Å²) in [6.45, 7) is 0. The average Bonchev–Trinajstić information content (AvgIpc) is 2.70. The van der Waals surface area contributed by atoms with E-state index in [1.165, 1.54) is 18.2 Å². The lowest BCUT2D eigenvalue weighted by Gasteiger charge is -1.98. The van der Waals surface area contributed by atoms with E-state index >= 15 is 0 Å². The van der Waals surface area contributed by atoms with Gasteiger partial charge in [0.15, 0.2) is 0 Å². The van der Waals surface area contributed by atoms with Crippen LogP contribution in [0.2, 0.25) is 0 Å². The van der Waals surface area contributed by atoms with Crippen molar-refractivity contribution in [3.8, 4) is 11.5 Å². The summed E-state index contributed by atoms with van der Waals surface area (Å²) in [4.78, 5) is 0. The Labute approximate surface area is 89.9 Å².